The number of ether oxygens (including phenoxy) is 1. The average molecular weight is 469 g/mol. The van der Waals surface area contributed by atoms with Crippen LogP contribution in [0.3, 0.4) is 0 Å². The monoisotopic (exact) mass is 468 g/mol. The van der Waals surface area contributed by atoms with Gasteiger partial charge in [-0.25, -0.2) is 4.98 Å². The van der Waals surface area contributed by atoms with Gasteiger partial charge in [-0.3, -0.25) is 9.59 Å². The molecule has 34 heavy (non-hydrogen) atoms. The van der Waals surface area contributed by atoms with E-state index in [1.807, 2.05) is 40.3 Å². The number of carbonyl (C=O) groups is 2. The fourth-order valence-corrected chi connectivity index (χ4v) is 4.65. The number of methoxy groups -OCH3 is 1. The average Bonchev–Trinajstić information content (AvgIpc) is 3.30. The van der Waals surface area contributed by atoms with Crippen molar-refractivity contribution in [3.8, 4) is 0 Å². The first-order valence-corrected chi connectivity index (χ1v) is 12.7. The molecule has 7 heteroatoms. The van der Waals surface area contributed by atoms with Crippen LogP contribution in [-0.4, -0.2) is 53.1 Å². The number of para-hydroxylation sites is 1. The number of aryl methyl sites for hydroxylation is 1. The van der Waals surface area contributed by atoms with Crippen LogP contribution in [0, 0.1) is 0 Å². The molecule has 1 aromatic heterocycles. The van der Waals surface area contributed by atoms with Crippen LogP contribution in [0.2, 0.25) is 0 Å². The third-order valence-electron chi connectivity index (χ3n) is 6.46. The molecule has 0 atom stereocenters. The van der Waals surface area contributed by atoms with E-state index in [9.17, 15) is 9.59 Å². The van der Waals surface area contributed by atoms with Crippen LogP contribution in [-0.2, 0) is 27.4 Å². The summed E-state index contributed by atoms with van der Waals surface area (Å²) in [6.07, 6.45) is 10.7. The van der Waals surface area contributed by atoms with Gasteiger partial charge in [-0.05, 0) is 24.5 Å². The van der Waals surface area contributed by atoms with E-state index in [1.165, 1.54) is 0 Å². The molecule has 186 valence electrons. The largest absolute Gasteiger partial charge is 0.375 e. The van der Waals surface area contributed by atoms with Crippen LogP contribution < -0.4 is 4.90 Å². The maximum absolute atomic E-state index is 13.4. The molecular formula is C27H40N4O3. The Balaban J connectivity index is 1.81. The highest BCUT2D eigenvalue weighted by molar-refractivity contribution is 5.95. The van der Waals surface area contributed by atoms with Gasteiger partial charge < -0.3 is 19.1 Å². The summed E-state index contributed by atoms with van der Waals surface area (Å²) in [5.41, 5.74) is 1.89. The molecule has 0 saturated heterocycles. The quantitative estimate of drug-likeness (QED) is 0.613. The van der Waals surface area contributed by atoms with E-state index in [0.29, 0.717) is 32.0 Å². The Kier molecular flexibility index (Phi) is 10.1. The van der Waals surface area contributed by atoms with Gasteiger partial charge in [0.2, 0.25) is 5.91 Å². The summed E-state index contributed by atoms with van der Waals surface area (Å²) in [5.74, 6) is 1.43. The number of aromatic nitrogens is 2. The van der Waals surface area contributed by atoms with E-state index in [0.717, 1.165) is 62.1 Å². The Hall–Kier alpha value is -2.67. The van der Waals surface area contributed by atoms with Crippen molar-refractivity contribution in [2.24, 2.45) is 0 Å². The molecule has 2 amide bonds. The number of nitrogens with zero attached hydrogens (tertiary/aromatic N) is 4. The van der Waals surface area contributed by atoms with Crippen LogP contribution in [0.15, 0.2) is 36.7 Å². The van der Waals surface area contributed by atoms with Crippen molar-refractivity contribution in [1.29, 1.82) is 0 Å². The highest BCUT2D eigenvalue weighted by Crippen LogP contribution is 2.25. The molecular weight excluding hydrogens is 428 g/mol. The summed E-state index contributed by atoms with van der Waals surface area (Å²) in [6.45, 7) is 6.84. The molecule has 0 radical (unpaired) electrons. The zero-order valence-electron chi connectivity index (χ0n) is 21.0. The van der Waals surface area contributed by atoms with Crippen molar-refractivity contribution >= 4 is 17.5 Å². The van der Waals surface area contributed by atoms with Gasteiger partial charge >= 0.3 is 0 Å². The van der Waals surface area contributed by atoms with Crippen molar-refractivity contribution in [2.45, 2.75) is 77.8 Å². The van der Waals surface area contributed by atoms with Gasteiger partial charge in [-0.2, -0.15) is 0 Å². The molecule has 0 spiro atoms. The number of anilines is 1. The van der Waals surface area contributed by atoms with E-state index in [-0.39, 0.29) is 18.4 Å². The summed E-state index contributed by atoms with van der Waals surface area (Å²) in [4.78, 5) is 34.5. The molecule has 1 aliphatic heterocycles. The summed E-state index contributed by atoms with van der Waals surface area (Å²) in [5, 5.41) is 0. The normalized spacial score (nSPS) is 15.9. The highest BCUT2D eigenvalue weighted by Gasteiger charge is 2.22. The lowest BCUT2D eigenvalue weighted by atomic mass is 10.1. The maximum atomic E-state index is 13.4. The third kappa shape index (κ3) is 7.16. The number of fused-ring (bicyclic) bond motifs is 1. The van der Waals surface area contributed by atoms with Crippen LogP contribution in [0.4, 0.5) is 5.69 Å². The molecule has 1 aromatic carbocycles. The summed E-state index contributed by atoms with van der Waals surface area (Å²) in [6, 6.07) is 7.97. The van der Waals surface area contributed by atoms with Gasteiger partial charge in [-0.1, -0.05) is 57.7 Å². The van der Waals surface area contributed by atoms with Crippen LogP contribution in [0.5, 0.6) is 0 Å². The van der Waals surface area contributed by atoms with Crippen molar-refractivity contribution in [3.05, 3.63) is 48.0 Å². The number of amides is 2. The zero-order chi connectivity index (χ0) is 24.3. The van der Waals surface area contributed by atoms with E-state index >= 15 is 0 Å². The standard InChI is InChI=1S/C27H40N4O3/c1-22(2)27-28-15-19-29(27)18-14-25(32)30-16-10-6-4-5-7-11-17-31(26(33)21-34-3)24-13-9-8-12-23(24)20-30/h8-9,12-13,15,19,22H,4-7,10-11,14,16-18,20-21H2,1-3H3. The Labute approximate surface area is 204 Å². The second kappa shape index (κ2) is 13.3. The minimum Gasteiger partial charge on any atom is -0.375 e. The summed E-state index contributed by atoms with van der Waals surface area (Å²) in [7, 11) is 1.55. The fourth-order valence-electron chi connectivity index (χ4n) is 4.65. The number of imidazole rings is 1. The topological polar surface area (TPSA) is 67.7 Å². The zero-order valence-corrected chi connectivity index (χ0v) is 21.0. The smallest absolute Gasteiger partial charge is 0.252 e. The Morgan fingerprint density at radius 2 is 1.71 bits per heavy atom. The molecule has 0 N–H and O–H groups in total. The molecule has 0 unspecified atom stereocenters. The predicted molar refractivity (Wildman–Crippen MR) is 135 cm³/mol. The van der Waals surface area contributed by atoms with Crippen LogP contribution in [0.1, 0.15) is 76.1 Å². The first kappa shape index (κ1) is 25.9. The molecule has 0 aliphatic carbocycles. The van der Waals surface area contributed by atoms with E-state index in [1.54, 1.807) is 13.3 Å². The molecule has 2 aromatic rings. The first-order valence-electron chi connectivity index (χ1n) is 12.7. The van der Waals surface area contributed by atoms with Crippen LogP contribution in [0.25, 0.3) is 0 Å². The second-order valence-corrected chi connectivity index (χ2v) is 9.43. The highest BCUT2D eigenvalue weighted by atomic mass is 16.5. The van der Waals surface area contributed by atoms with Gasteiger partial charge in [-0.15, -0.1) is 0 Å². The van der Waals surface area contributed by atoms with Crippen molar-refractivity contribution in [3.63, 3.8) is 0 Å². The van der Waals surface area contributed by atoms with E-state index < -0.39 is 0 Å². The Morgan fingerprint density at radius 1 is 1.00 bits per heavy atom. The molecule has 7 nitrogen and oxygen atoms in total. The first-order chi connectivity index (χ1) is 16.5. The number of benzene rings is 1. The van der Waals surface area contributed by atoms with Crippen molar-refractivity contribution in [2.75, 3.05) is 31.7 Å². The van der Waals surface area contributed by atoms with Gasteiger partial charge in [0.1, 0.15) is 12.4 Å². The molecule has 0 fully saturated rings. The van der Waals surface area contributed by atoms with E-state index in [2.05, 4.69) is 23.4 Å². The number of hydrogen-bond donors (Lipinski definition) is 0. The summed E-state index contributed by atoms with van der Waals surface area (Å²) >= 11 is 0. The van der Waals surface area contributed by atoms with Gasteiger partial charge in [0.05, 0.1) is 0 Å². The van der Waals surface area contributed by atoms with Crippen molar-refractivity contribution < 1.29 is 14.3 Å². The van der Waals surface area contributed by atoms with Gasteiger partial charge in [0.15, 0.2) is 0 Å². The lowest BCUT2D eigenvalue weighted by Crippen LogP contribution is -2.37. The maximum Gasteiger partial charge on any atom is 0.252 e. The second-order valence-electron chi connectivity index (χ2n) is 9.43. The molecule has 0 saturated carbocycles. The van der Waals surface area contributed by atoms with Gasteiger partial charge in [0.25, 0.3) is 5.91 Å². The third-order valence-corrected chi connectivity index (χ3v) is 6.46. The molecule has 1 aliphatic rings. The molecule has 2 heterocycles. The van der Waals surface area contributed by atoms with E-state index in [4.69, 9.17) is 4.74 Å². The van der Waals surface area contributed by atoms with Gasteiger partial charge in [0, 0.05) is 63.7 Å². The minimum absolute atomic E-state index is 0.0379. The molecule has 3 rings (SSSR count). The van der Waals surface area contributed by atoms with Crippen LogP contribution >= 0.6 is 0 Å². The summed E-state index contributed by atoms with van der Waals surface area (Å²) < 4.78 is 7.24. The fraction of sp³-hybridized carbons (Fsp3) is 0.593. The molecule has 0 bridgehead atoms. The number of hydrogen-bond acceptors (Lipinski definition) is 4. The lowest BCUT2D eigenvalue weighted by Gasteiger charge is -2.28. The minimum atomic E-state index is -0.0379. The predicted octanol–water partition coefficient (Wildman–Crippen LogP) is 4.76. The number of rotatable bonds is 6. The Morgan fingerprint density at radius 3 is 2.44 bits per heavy atom. The Bertz CT molecular complexity index is 924. The number of carbonyl (C=O) groups excluding carboxylic acids is 2. The SMILES string of the molecule is COCC(=O)N1CCCCCCCCN(C(=O)CCn2ccnc2C(C)C)Cc2ccccc21. The lowest BCUT2D eigenvalue weighted by molar-refractivity contribution is -0.132. The van der Waals surface area contributed by atoms with Crippen molar-refractivity contribution in [1.82, 2.24) is 14.5 Å².